The number of rotatable bonds is 4. The SMILES string of the molecule is O=C(OCc1c(F)cccc1Cl)C1(c2ccc(F)cc2)CCCC1. The first kappa shape index (κ1) is 16.9. The Kier molecular flexibility index (Phi) is 4.86. The van der Waals surface area contributed by atoms with Crippen LogP contribution in [-0.2, 0) is 21.6 Å². The third-order valence-electron chi connectivity index (χ3n) is 4.65. The van der Waals surface area contributed by atoms with Crippen LogP contribution in [-0.4, -0.2) is 5.97 Å². The van der Waals surface area contributed by atoms with Gasteiger partial charge in [0.1, 0.15) is 18.2 Å². The predicted octanol–water partition coefficient (Wildman–Crippen LogP) is 5.17. The van der Waals surface area contributed by atoms with E-state index in [0.717, 1.165) is 18.4 Å². The molecule has 0 saturated heterocycles. The largest absolute Gasteiger partial charge is 0.460 e. The molecule has 5 heteroatoms. The quantitative estimate of drug-likeness (QED) is 0.711. The maximum absolute atomic E-state index is 13.8. The minimum atomic E-state index is -0.786. The summed E-state index contributed by atoms with van der Waals surface area (Å²) in [6.45, 7) is -0.215. The predicted molar refractivity (Wildman–Crippen MR) is 87.8 cm³/mol. The second kappa shape index (κ2) is 6.89. The average molecular weight is 351 g/mol. The van der Waals surface area contributed by atoms with Crippen LogP contribution in [0.25, 0.3) is 0 Å². The van der Waals surface area contributed by atoms with Gasteiger partial charge in [-0.25, -0.2) is 8.78 Å². The van der Waals surface area contributed by atoms with E-state index in [1.54, 1.807) is 18.2 Å². The summed E-state index contributed by atoms with van der Waals surface area (Å²) >= 11 is 5.97. The first-order valence-corrected chi connectivity index (χ1v) is 8.27. The normalized spacial score (nSPS) is 16.1. The van der Waals surface area contributed by atoms with Gasteiger partial charge in [-0.3, -0.25) is 4.79 Å². The first-order valence-electron chi connectivity index (χ1n) is 7.89. The Morgan fingerprint density at radius 1 is 1.08 bits per heavy atom. The first-order chi connectivity index (χ1) is 11.5. The van der Waals surface area contributed by atoms with Crippen molar-refractivity contribution in [2.24, 2.45) is 0 Å². The Hall–Kier alpha value is -1.94. The summed E-state index contributed by atoms with van der Waals surface area (Å²) < 4.78 is 32.4. The lowest BCUT2D eigenvalue weighted by atomic mass is 9.79. The molecular formula is C19H17ClF2O2. The van der Waals surface area contributed by atoms with Gasteiger partial charge in [0.25, 0.3) is 0 Å². The molecule has 2 aromatic rings. The van der Waals surface area contributed by atoms with Gasteiger partial charge in [0.2, 0.25) is 0 Å². The number of esters is 1. The number of carbonyl (C=O) groups is 1. The van der Waals surface area contributed by atoms with E-state index >= 15 is 0 Å². The second-order valence-corrected chi connectivity index (χ2v) is 6.48. The lowest BCUT2D eigenvalue weighted by molar-refractivity contribution is -0.152. The highest BCUT2D eigenvalue weighted by Gasteiger charge is 2.44. The van der Waals surface area contributed by atoms with Crippen LogP contribution in [0.5, 0.6) is 0 Å². The number of halogens is 3. The highest BCUT2D eigenvalue weighted by atomic mass is 35.5. The molecule has 0 aromatic heterocycles. The molecule has 0 heterocycles. The molecule has 3 rings (SSSR count). The van der Waals surface area contributed by atoms with Gasteiger partial charge in [0.15, 0.2) is 0 Å². The molecule has 0 unspecified atom stereocenters. The number of benzene rings is 2. The summed E-state index contributed by atoms with van der Waals surface area (Å²) in [5.74, 6) is -1.26. The maximum Gasteiger partial charge on any atom is 0.316 e. The van der Waals surface area contributed by atoms with Crippen molar-refractivity contribution < 1.29 is 18.3 Å². The van der Waals surface area contributed by atoms with Crippen molar-refractivity contribution in [3.8, 4) is 0 Å². The van der Waals surface area contributed by atoms with Gasteiger partial charge < -0.3 is 4.74 Å². The third-order valence-corrected chi connectivity index (χ3v) is 5.01. The number of hydrogen-bond donors (Lipinski definition) is 0. The van der Waals surface area contributed by atoms with Crippen LogP contribution in [0.4, 0.5) is 8.78 Å². The fourth-order valence-corrected chi connectivity index (χ4v) is 3.52. The average Bonchev–Trinajstić information content (AvgIpc) is 3.06. The molecule has 0 radical (unpaired) electrons. The monoisotopic (exact) mass is 350 g/mol. The second-order valence-electron chi connectivity index (χ2n) is 6.07. The van der Waals surface area contributed by atoms with Gasteiger partial charge >= 0.3 is 5.97 Å². The van der Waals surface area contributed by atoms with Crippen molar-refractivity contribution in [1.29, 1.82) is 0 Å². The Morgan fingerprint density at radius 2 is 1.75 bits per heavy atom. The summed E-state index contributed by atoms with van der Waals surface area (Å²) in [4.78, 5) is 12.8. The summed E-state index contributed by atoms with van der Waals surface area (Å²) in [6.07, 6.45) is 3.07. The zero-order valence-electron chi connectivity index (χ0n) is 13.0. The highest BCUT2D eigenvalue weighted by molar-refractivity contribution is 6.31. The molecule has 0 N–H and O–H groups in total. The van der Waals surface area contributed by atoms with Gasteiger partial charge in [0.05, 0.1) is 10.4 Å². The molecule has 126 valence electrons. The van der Waals surface area contributed by atoms with Crippen molar-refractivity contribution >= 4 is 17.6 Å². The van der Waals surface area contributed by atoms with E-state index < -0.39 is 17.2 Å². The van der Waals surface area contributed by atoms with Crippen molar-refractivity contribution in [1.82, 2.24) is 0 Å². The molecular weight excluding hydrogens is 334 g/mol. The molecule has 0 aliphatic heterocycles. The van der Waals surface area contributed by atoms with E-state index in [1.807, 2.05) is 0 Å². The molecule has 2 aromatic carbocycles. The molecule has 2 nitrogen and oxygen atoms in total. The number of ether oxygens (including phenoxy) is 1. The standard InChI is InChI=1S/C19H17ClF2O2/c20-16-4-3-5-17(22)15(16)12-24-18(23)19(10-1-2-11-19)13-6-8-14(21)9-7-13/h3-9H,1-2,10-12H2. The van der Waals surface area contributed by atoms with E-state index in [1.165, 1.54) is 24.3 Å². The van der Waals surface area contributed by atoms with E-state index in [0.29, 0.717) is 12.8 Å². The van der Waals surface area contributed by atoms with Crippen LogP contribution < -0.4 is 0 Å². The Labute approximate surface area is 144 Å². The summed E-state index contributed by atoms with van der Waals surface area (Å²) in [5, 5.41) is 0.227. The topological polar surface area (TPSA) is 26.3 Å². The molecule has 0 atom stereocenters. The zero-order valence-corrected chi connectivity index (χ0v) is 13.8. The lowest BCUT2D eigenvalue weighted by Gasteiger charge is -2.27. The molecule has 24 heavy (non-hydrogen) atoms. The molecule has 1 fully saturated rings. The van der Waals surface area contributed by atoms with E-state index in [9.17, 15) is 13.6 Å². The smallest absolute Gasteiger partial charge is 0.316 e. The minimum Gasteiger partial charge on any atom is -0.460 e. The van der Waals surface area contributed by atoms with Crippen LogP contribution >= 0.6 is 11.6 Å². The summed E-state index contributed by atoms with van der Waals surface area (Å²) in [5.41, 5.74) is 0.122. The van der Waals surface area contributed by atoms with Gasteiger partial charge in [-0.05, 0) is 42.7 Å². The van der Waals surface area contributed by atoms with E-state index in [-0.39, 0.29) is 23.0 Å². The molecule has 1 aliphatic carbocycles. The molecule has 0 spiro atoms. The van der Waals surface area contributed by atoms with Gasteiger partial charge in [0, 0.05) is 5.56 Å². The third kappa shape index (κ3) is 3.16. The maximum atomic E-state index is 13.8. The van der Waals surface area contributed by atoms with Gasteiger partial charge in [-0.2, -0.15) is 0 Å². The summed E-state index contributed by atoms with van der Waals surface area (Å²) in [7, 11) is 0. The fraction of sp³-hybridized carbons (Fsp3) is 0.316. The number of carbonyl (C=O) groups excluding carboxylic acids is 1. The van der Waals surface area contributed by atoms with Crippen LogP contribution in [0.1, 0.15) is 36.8 Å². The molecule has 0 amide bonds. The van der Waals surface area contributed by atoms with Crippen molar-refractivity contribution in [2.45, 2.75) is 37.7 Å². The van der Waals surface area contributed by atoms with Crippen molar-refractivity contribution in [3.63, 3.8) is 0 Å². The van der Waals surface area contributed by atoms with E-state index in [4.69, 9.17) is 16.3 Å². The van der Waals surface area contributed by atoms with Crippen LogP contribution in [0.15, 0.2) is 42.5 Å². The Bertz CT molecular complexity index is 717. The van der Waals surface area contributed by atoms with Crippen LogP contribution in [0.3, 0.4) is 0 Å². The minimum absolute atomic E-state index is 0.166. The van der Waals surface area contributed by atoms with E-state index in [2.05, 4.69) is 0 Å². The van der Waals surface area contributed by atoms with Crippen molar-refractivity contribution in [3.05, 3.63) is 70.2 Å². The fourth-order valence-electron chi connectivity index (χ4n) is 3.30. The molecule has 1 aliphatic rings. The zero-order chi connectivity index (χ0) is 17.2. The molecule has 0 bridgehead atoms. The van der Waals surface area contributed by atoms with Gasteiger partial charge in [-0.1, -0.05) is 42.6 Å². The Morgan fingerprint density at radius 3 is 2.38 bits per heavy atom. The summed E-state index contributed by atoms with van der Waals surface area (Å²) in [6, 6.07) is 10.3. The Balaban J connectivity index is 1.82. The van der Waals surface area contributed by atoms with Crippen molar-refractivity contribution in [2.75, 3.05) is 0 Å². The van der Waals surface area contributed by atoms with Crippen LogP contribution in [0, 0.1) is 11.6 Å². The lowest BCUT2D eigenvalue weighted by Crippen LogP contribution is -2.34. The number of hydrogen-bond acceptors (Lipinski definition) is 2. The van der Waals surface area contributed by atoms with Gasteiger partial charge in [-0.15, -0.1) is 0 Å². The molecule has 1 saturated carbocycles. The van der Waals surface area contributed by atoms with Crippen LogP contribution in [0.2, 0.25) is 5.02 Å². The highest BCUT2D eigenvalue weighted by Crippen LogP contribution is 2.42.